The van der Waals surface area contributed by atoms with Crippen LogP contribution in [0.1, 0.15) is 27.2 Å². The number of nitrogens with two attached hydrogens (primary N) is 2. The van der Waals surface area contributed by atoms with E-state index in [-0.39, 0.29) is 6.04 Å². The number of carboxylic acids is 1. The van der Waals surface area contributed by atoms with E-state index in [0.29, 0.717) is 5.92 Å². The Morgan fingerprint density at radius 1 is 1.50 bits per heavy atom. The Labute approximate surface area is 94.9 Å². The van der Waals surface area contributed by atoms with E-state index in [4.69, 9.17) is 21.4 Å². The predicted molar refractivity (Wildman–Crippen MR) is 62.0 cm³/mol. The molecule has 0 aromatic heterocycles. The molecule has 0 aliphatic carbocycles. The van der Waals surface area contributed by atoms with Crippen LogP contribution < -0.4 is 16.9 Å². The Hall–Kier alpha value is -1.63. The summed E-state index contributed by atoms with van der Waals surface area (Å²) in [5.41, 5.74) is 12.5. The number of amides is 2. The highest BCUT2D eigenvalue weighted by atomic mass is 16.4. The van der Waals surface area contributed by atoms with Gasteiger partial charge < -0.3 is 16.6 Å². The zero-order valence-electron chi connectivity index (χ0n) is 9.80. The smallest absolute Gasteiger partial charge is 0.332 e. The van der Waals surface area contributed by atoms with Gasteiger partial charge in [0.25, 0.3) is 5.97 Å². The molecule has 6 N–H and O–H groups in total. The lowest BCUT2D eigenvalue weighted by molar-refractivity contribution is -0.134. The monoisotopic (exact) mass is 232 g/mol. The van der Waals surface area contributed by atoms with Gasteiger partial charge in [0.05, 0.1) is 0 Å². The van der Waals surface area contributed by atoms with Crippen molar-refractivity contribution in [1.82, 2.24) is 5.43 Å². The first-order valence-corrected chi connectivity index (χ1v) is 4.79. The molecule has 0 heterocycles. The standard InChI is InChI=1S/C7H16N4O.C2H4O2/c1-5(2)3-6(8)4-10-11-7(9)12;1-2(3)4/h4-6H,3,8H2,1-2H3,(H3,9,11,12);1H3,(H,3,4)/t6-;/m0./s1. The average Bonchev–Trinajstić information content (AvgIpc) is 1.99. The normalized spacial score (nSPS) is 11.8. The van der Waals surface area contributed by atoms with Gasteiger partial charge in [-0.1, -0.05) is 13.8 Å². The molecule has 7 nitrogen and oxygen atoms in total. The predicted octanol–water partition coefficient (Wildman–Crippen LogP) is 0.105. The fourth-order valence-corrected chi connectivity index (χ4v) is 0.802. The molecule has 0 saturated heterocycles. The van der Waals surface area contributed by atoms with Crippen molar-refractivity contribution in [3.63, 3.8) is 0 Å². The third-order valence-electron chi connectivity index (χ3n) is 1.18. The minimum Gasteiger partial charge on any atom is -0.481 e. The van der Waals surface area contributed by atoms with Crippen molar-refractivity contribution in [2.24, 2.45) is 22.5 Å². The summed E-state index contributed by atoms with van der Waals surface area (Å²) in [5, 5.41) is 11.0. The topological polar surface area (TPSA) is 131 Å². The molecule has 0 radical (unpaired) electrons. The van der Waals surface area contributed by atoms with Gasteiger partial charge in [0.2, 0.25) is 0 Å². The summed E-state index contributed by atoms with van der Waals surface area (Å²) in [5.74, 6) is -0.319. The van der Waals surface area contributed by atoms with Crippen molar-refractivity contribution in [2.45, 2.75) is 33.2 Å². The Bertz CT molecular complexity index is 237. The second kappa shape index (κ2) is 9.91. The fraction of sp³-hybridized carbons (Fsp3) is 0.667. The van der Waals surface area contributed by atoms with Crippen LogP contribution in [0.2, 0.25) is 0 Å². The minimum absolute atomic E-state index is 0.128. The lowest BCUT2D eigenvalue weighted by Crippen LogP contribution is -2.28. The number of aliphatic carboxylic acids is 1. The van der Waals surface area contributed by atoms with Gasteiger partial charge in [-0.3, -0.25) is 4.79 Å². The molecule has 0 saturated carbocycles. The molecule has 0 rings (SSSR count). The Kier molecular flexibility index (Phi) is 10.4. The van der Waals surface area contributed by atoms with E-state index >= 15 is 0 Å². The summed E-state index contributed by atoms with van der Waals surface area (Å²) in [7, 11) is 0. The highest BCUT2D eigenvalue weighted by Gasteiger charge is 2.01. The molecule has 0 aromatic carbocycles. The third-order valence-corrected chi connectivity index (χ3v) is 1.18. The van der Waals surface area contributed by atoms with Gasteiger partial charge in [-0.2, -0.15) is 5.10 Å². The highest BCUT2D eigenvalue weighted by molar-refractivity contribution is 5.73. The van der Waals surface area contributed by atoms with Gasteiger partial charge in [-0.15, -0.1) is 0 Å². The summed E-state index contributed by atoms with van der Waals surface area (Å²) in [4.78, 5) is 19.2. The van der Waals surface area contributed by atoms with E-state index in [1.165, 1.54) is 6.21 Å². The number of hydrogen-bond donors (Lipinski definition) is 4. The van der Waals surface area contributed by atoms with E-state index in [0.717, 1.165) is 13.3 Å². The van der Waals surface area contributed by atoms with Crippen LogP contribution in [0.5, 0.6) is 0 Å². The first-order chi connectivity index (χ1) is 7.25. The van der Waals surface area contributed by atoms with Crippen molar-refractivity contribution < 1.29 is 14.7 Å². The first-order valence-electron chi connectivity index (χ1n) is 4.79. The van der Waals surface area contributed by atoms with Crippen molar-refractivity contribution in [2.75, 3.05) is 0 Å². The van der Waals surface area contributed by atoms with Gasteiger partial charge in [0, 0.05) is 19.2 Å². The number of primary amides is 1. The van der Waals surface area contributed by atoms with Crippen LogP contribution >= 0.6 is 0 Å². The number of urea groups is 1. The van der Waals surface area contributed by atoms with Crippen LogP contribution in [0.3, 0.4) is 0 Å². The molecule has 0 aliphatic heterocycles. The Balaban J connectivity index is 0. The van der Waals surface area contributed by atoms with Crippen LogP contribution in [0.4, 0.5) is 4.79 Å². The lowest BCUT2D eigenvalue weighted by atomic mass is 10.1. The maximum atomic E-state index is 10.2. The number of nitrogens with one attached hydrogen (secondary N) is 1. The van der Waals surface area contributed by atoms with Crippen LogP contribution in [0, 0.1) is 5.92 Å². The second-order valence-corrected chi connectivity index (χ2v) is 3.57. The quantitative estimate of drug-likeness (QED) is 0.404. The largest absolute Gasteiger partial charge is 0.481 e. The summed E-state index contributed by atoms with van der Waals surface area (Å²) in [6, 6.07) is -0.806. The summed E-state index contributed by atoms with van der Waals surface area (Å²) in [6.07, 6.45) is 2.31. The molecule has 16 heavy (non-hydrogen) atoms. The van der Waals surface area contributed by atoms with E-state index < -0.39 is 12.0 Å². The summed E-state index contributed by atoms with van der Waals surface area (Å²) >= 11 is 0. The van der Waals surface area contributed by atoms with E-state index in [1.54, 1.807) is 0 Å². The molecule has 0 aliphatic rings. The van der Waals surface area contributed by atoms with Crippen molar-refractivity contribution in [3.8, 4) is 0 Å². The van der Waals surface area contributed by atoms with Crippen LogP contribution in [-0.4, -0.2) is 29.4 Å². The van der Waals surface area contributed by atoms with E-state index in [1.807, 2.05) is 0 Å². The summed E-state index contributed by atoms with van der Waals surface area (Å²) in [6.45, 7) is 5.21. The van der Waals surface area contributed by atoms with E-state index in [2.05, 4.69) is 24.4 Å². The van der Waals surface area contributed by atoms with Crippen LogP contribution in [0.15, 0.2) is 5.10 Å². The molecule has 0 unspecified atom stereocenters. The number of rotatable bonds is 4. The second-order valence-electron chi connectivity index (χ2n) is 3.57. The maximum absolute atomic E-state index is 10.2. The van der Waals surface area contributed by atoms with Crippen molar-refractivity contribution in [3.05, 3.63) is 0 Å². The average molecular weight is 232 g/mol. The Morgan fingerprint density at radius 3 is 2.25 bits per heavy atom. The zero-order chi connectivity index (χ0) is 13.1. The van der Waals surface area contributed by atoms with Crippen LogP contribution in [-0.2, 0) is 4.79 Å². The molecule has 94 valence electrons. The number of hydrazone groups is 1. The zero-order valence-corrected chi connectivity index (χ0v) is 9.80. The van der Waals surface area contributed by atoms with Crippen molar-refractivity contribution >= 4 is 18.2 Å². The molecule has 1 atom stereocenters. The lowest BCUT2D eigenvalue weighted by Gasteiger charge is -2.07. The fourth-order valence-electron chi connectivity index (χ4n) is 0.802. The molecular formula is C9H20N4O3. The number of nitrogens with zero attached hydrogens (tertiary/aromatic N) is 1. The number of carbonyl (C=O) groups is 2. The summed E-state index contributed by atoms with van der Waals surface area (Å²) < 4.78 is 0. The van der Waals surface area contributed by atoms with Gasteiger partial charge in [-0.05, 0) is 12.3 Å². The number of carboxylic acid groups (broad SMARTS) is 1. The molecule has 0 aromatic rings. The third kappa shape index (κ3) is 22.8. The maximum Gasteiger partial charge on any atom is 0.332 e. The molecule has 0 bridgehead atoms. The molecule has 2 amide bonds. The van der Waals surface area contributed by atoms with Crippen LogP contribution in [0.25, 0.3) is 0 Å². The molecule has 0 fully saturated rings. The molecular weight excluding hydrogens is 212 g/mol. The van der Waals surface area contributed by atoms with Gasteiger partial charge in [0.15, 0.2) is 0 Å². The highest BCUT2D eigenvalue weighted by Crippen LogP contribution is 2.00. The van der Waals surface area contributed by atoms with Gasteiger partial charge in [-0.25, -0.2) is 10.2 Å². The van der Waals surface area contributed by atoms with Crippen molar-refractivity contribution in [1.29, 1.82) is 0 Å². The van der Waals surface area contributed by atoms with Gasteiger partial charge in [0.1, 0.15) is 0 Å². The van der Waals surface area contributed by atoms with Gasteiger partial charge >= 0.3 is 6.03 Å². The first kappa shape index (κ1) is 16.8. The number of hydrogen-bond acceptors (Lipinski definition) is 4. The van der Waals surface area contributed by atoms with E-state index in [9.17, 15) is 4.79 Å². The molecule has 7 heteroatoms. The SMILES string of the molecule is CC(=O)O.CC(C)C[C@H](N)C=NNC(N)=O. The molecule has 0 spiro atoms. The minimum atomic E-state index is -0.833. The Morgan fingerprint density at radius 2 is 1.94 bits per heavy atom. The number of carbonyl (C=O) groups excluding carboxylic acids is 1.